The number of carbonyl (C=O) groups excluding carboxylic acids is 2. The van der Waals surface area contributed by atoms with E-state index in [9.17, 15) is 9.59 Å². The highest BCUT2D eigenvalue weighted by atomic mass is 16.5. The fourth-order valence-electron chi connectivity index (χ4n) is 2.07. The summed E-state index contributed by atoms with van der Waals surface area (Å²) in [6.07, 6.45) is 0. The summed E-state index contributed by atoms with van der Waals surface area (Å²) in [4.78, 5) is 24.6. The minimum absolute atomic E-state index is 0.0754. The summed E-state index contributed by atoms with van der Waals surface area (Å²) in [6, 6.07) is 16.2. The van der Waals surface area contributed by atoms with Crippen molar-refractivity contribution in [3.05, 3.63) is 54.6 Å². The van der Waals surface area contributed by atoms with Crippen LogP contribution in [0.25, 0.3) is 0 Å². The van der Waals surface area contributed by atoms with Crippen LogP contribution in [0.1, 0.15) is 0 Å². The predicted octanol–water partition coefficient (Wildman–Crippen LogP) is 2.37. The lowest BCUT2D eigenvalue weighted by Gasteiger charge is -2.24. The average Bonchev–Trinajstić information content (AvgIpc) is 2.50. The molecule has 0 saturated carbocycles. The number of morpholine rings is 1. The van der Waals surface area contributed by atoms with E-state index >= 15 is 0 Å². The number of carbonyl (C=O) groups is 2. The number of anilines is 1. The number of hydrogen-bond acceptors (Lipinski definition) is 4. The minimum atomic E-state index is -0.358. The Morgan fingerprint density at radius 1 is 0.810 bits per heavy atom. The molecule has 0 aromatic heterocycles. The highest BCUT2D eigenvalue weighted by molar-refractivity contribution is 6.16. The number of ether oxygens (including phenoxy) is 2. The van der Waals surface area contributed by atoms with Gasteiger partial charge in [-0.3, -0.25) is 9.59 Å². The normalized spacial score (nSPS) is 15.1. The maximum absolute atomic E-state index is 11.7. The van der Waals surface area contributed by atoms with Crippen molar-refractivity contribution in [2.75, 3.05) is 18.1 Å². The van der Waals surface area contributed by atoms with Gasteiger partial charge in [0, 0.05) is 0 Å². The third-order valence-electron chi connectivity index (χ3n) is 3.02. The molecule has 106 valence electrons. The second kappa shape index (κ2) is 5.76. The zero-order valence-electron chi connectivity index (χ0n) is 11.2. The Labute approximate surface area is 121 Å². The molecule has 0 unspecified atom stereocenters. The molecule has 1 fully saturated rings. The summed E-state index contributed by atoms with van der Waals surface area (Å²) in [5.41, 5.74) is 0.522. The third-order valence-corrected chi connectivity index (χ3v) is 3.02. The van der Waals surface area contributed by atoms with Crippen LogP contribution in [0.5, 0.6) is 11.5 Å². The van der Waals surface area contributed by atoms with Gasteiger partial charge in [0.25, 0.3) is 11.8 Å². The first-order valence-corrected chi connectivity index (χ1v) is 6.50. The van der Waals surface area contributed by atoms with Crippen LogP contribution in [-0.2, 0) is 14.3 Å². The van der Waals surface area contributed by atoms with Crippen molar-refractivity contribution in [3.8, 4) is 11.5 Å². The first kappa shape index (κ1) is 13.3. The molecule has 1 aliphatic rings. The molecule has 1 aliphatic heterocycles. The summed E-state index contributed by atoms with van der Waals surface area (Å²) < 4.78 is 10.5. The molecule has 0 spiro atoms. The van der Waals surface area contributed by atoms with Gasteiger partial charge in [-0.1, -0.05) is 18.2 Å². The van der Waals surface area contributed by atoms with Crippen molar-refractivity contribution in [2.45, 2.75) is 0 Å². The van der Waals surface area contributed by atoms with Gasteiger partial charge in [0.05, 0.1) is 5.69 Å². The summed E-state index contributed by atoms with van der Waals surface area (Å²) >= 11 is 0. The van der Waals surface area contributed by atoms with Gasteiger partial charge in [-0.25, -0.2) is 4.90 Å². The Morgan fingerprint density at radius 2 is 1.38 bits per heavy atom. The lowest BCUT2D eigenvalue weighted by molar-refractivity contribution is -0.138. The molecular weight excluding hydrogens is 270 g/mol. The van der Waals surface area contributed by atoms with Crippen LogP contribution in [0.2, 0.25) is 0 Å². The van der Waals surface area contributed by atoms with Gasteiger partial charge < -0.3 is 9.47 Å². The van der Waals surface area contributed by atoms with Crippen LogP contribution in [0.15, 0.2) is 54.6 Å². The van der Waals surface area contributed by atoms with Gasteiger partial charge in [0.15, 0.2) is 0 Å². The van der Waals surface area contributed by atoms with Crippen molar-refractivity contribution >= 4 is 17.5 Å². The van der Waals surface area contributed by atoms with E-state index < -0.39 is 0 Å². The Balaban J connectivity index is 1.77. The minimum Gasteiger partial charge on any atom is -0.457 e. The average molecular weight is 283 g/mol. The fraction of sp³-hybridized carbons (Fsp3) is 0.125. The SMILES string of the molecule is O=C1COCC(=O)N1c1ccc(Oc2ccccc2)cc1. The van der Waals surface area contributed by atoms with Crippen LogP contribution in [-0.4, -0.2) is 25.0 Å². The Kier molecular flexibility index (Phi) is 3.66. The van der Waals surface area contributed by atoms with Crippen LogP contribution in [0.3, 0.4) is 0 Å². The first-order chi connectivity index (χ1) is 10.2. The highest BCUT2D eigenvalue weighted by Gasteiger charge is 2.27. The second-order valence-corrected chi connectivity index (χ2v) is 4.52. The summed E-state index contributed by atoms with van der Waals surface area (Å²) in [7, 11) is 0. The molecule has 5 nitrogen and oxygen atoms in total. The van der Waals surface area contributed by atoms with Gasteiger partial charge in [0.1, 0.15) is 24.7 Å². The predicted molar refractivity (Wildman–Crippen MR) is 76.3 cm³/mol. The van der Waals surface area contributed by atoms with Gasteiger partial charge in [-0.05, 0) is 36.4 Å². The molecule has 5 heteroatoms. The van der Waals surface area contributed by atoms with E-state index in [0.717, 1.165) is 10.6 Å². The molecule has 3 rings (SSSR count). The summed E-state index contributed by atoms with van der Waals surface area (Å²) in [5, 5.41) is 0. The van der Waals surface area contributed by atoms with Gasteiger partial charge >= 0.3 is 0 Å². The molecule has 1 saturated heterocycles. The molecular formula is C16H13NO4. The van der Waals surface area contributed by atoms with E-state index in [1.54, 1.807) is 24.3 Å². The van der Waals surface area contributed by atoms with E-state index in [0.29, 0.717) is 11.4 Å². The number of amides is 2. The number of para-hydroxylation sites is 1. The van der Waals surface area contributed by atoms with Crippen molar-refractivity contribution in [3.63, 3.8) is 0 Å². The molecule has 0 bridgehead atoms. The van der Waals surface area contributed by atoms with E-state index in [1.165, 1.54) is 0 Å². The topological polar surface area (TPSA) is 55.8 Å². The molecule has 0 atom stereocenters. The number of hydrogen-bond donors (Lipinski definition) is 0. The zero-order chi connectivity index (χ0) is 14.7. The third kappa shape index (κ3) is 2.93. The molecule has 0 N–H and O–H groups in total. The number of rotatable bonds is 3. The Hall–Kier alpha value is -2.66. The van der Waals surface area contributed by atoms with Gasteiger partial charge in [-0.15, -0.1) is 0 Å². The molecule has 0 aliphatic carbocycles. The molecule has 2 aromatic rings. The fourth-order valence-corrected chi connectivity index (χ4v) is 2.07. The maximum atomic E-state index is 11.7. The van der Waals surface area contributed by atoms with E-state index in [2.05, 4.69) is 0 Å². The maximum Gasteiger partial charge on any atom is 0.259 e. The van der Waals surface area contributed by atoms with Crippen molar-refractivity contribution in [1.82, 2.24) is 0 Å². The van der Waals surface area contributed by atoms with E-state index in [4.69, 9.17) is 9.47 Å². The molecule has 2 aromatic carbocycles. The number of benzene rings is 2. The lowest BCUT2D eigenvalue weighted by Crippen LogP contribution is -2.46. The summed E-state index contributed by atoms with van der Waals surface area (Å²) in [6.45, 7) is -0.151. The van der Waals surface area contributed by atoms with Crippen LogP contribution >= 0.6 is 0 Å². The van der Waals surface area contributed by atoms with Gasteiger partial charge in [0.2, 0.25) is 0 Å². The molecule has 0 radical (unpaired) electrons. The van der Waals surface area contributed by atoms with Gasteiger partial charge in [-0.2, -0.15) is 0 Å². The monoisotopic (exact) mass is 283 g/mol. The van der Waals surface area contributed by atoms with Crippen LogP contribution in [0, 0.1) is 0 Å². The largest absolute Gasteiger partial charge is 0.457 e. The molecule has 2 amide bonds. The number of imide groups is 1. The Bertz CT molecular complexity index is 636. The van der Waals surface area contributed by atoms with Crippen molar-refractivity contribution in [1.29, 1.82) is 0 Å². The first-order valence-electron chi connectivity index (χ1n) is 6.50. The van der Waals surface area contributed by atoms with Crippen LogP contribution < -0.4 is 9.64 Å². The van der Waals surface area contributed by atoms with Crippen LogP contribution in [0.4, 0.5) is 5.69 Å². The smallest absolute Gasteiger partial charge is 0.259 e. The standard InChI is InChI=1S/C16H13NO4/c18-15-10-20-11-16(19)17(15)12-6-8-14(9-7-12)21-13-4-2-1-3-5-13/h1-9H,10-11H2. The van der Waals surface area contributed by atoms with E-state index in [-0.39, 0.29) is 25.0 Å². The molecule has 21 heavy (non-hydrogen) atoms. The second-order valence-electron chi connectivity index (χ2n) is 4.52. The van der Waals surface area contributed by atoms with E-state index in [1.807, 2.05) is 30.3 Å². The quantitative estimate of drug-likeness (QED) is 0.811. The van der Waals surface area contributed by atoms with Crippen molar-refractivity contribution in [2.24, 2.45) is 0 Å². The highest BCUT2D eigenvalue weighted by Crippen LogP contribution is 2.25. The summed E-state index contributed by atoms with van der Waals surface area (Å²) in [5.74, 6) is 0.646. The number of nitrogens with zero attached hydrogens (tertiary/aromatic N) is 1. The lowest BCUT2D eigenvalue weighted by atomic mass is 10.2. The Morgan fingerprint density at radius 3 is 2.00 bits per heavy atom. The van der Waals surface area contributed by atoms with Crippen molar-refractivity contribution < 1.29 is 19.1 Å². The molecule has 1 heterocycles. The zero-order valence-corrected chi connectivity index (χ0v) is 11.2.